The van der Waals surface area contributed by atoms with E-state index in [1.54, 1.807) is 24.3 Å². The molecule has 0 atom stereocenters. The van der Waals surface area contributed by atoms with E-state index in [4.69, 9.17) is 0 Å². The summed E-state index contributed by atoms with van der Waals surface area (Å²) in [5.74, 6) is 0.254. The molecule has 0 bridgehead atoms. The van der Waals surface area contributed by atoms with Gasteiger partial charge in [-0.1, -0.05) is 13.8 Å². The molecule has 9 heteroatoms. The van der Waals surface area contributed by atoms with Gasteiger partial charge in [0.05, 0.1) is 15.5 Å². The van der Waals surface area contributed by atoms with Gasteiger partial charge in [-0.2, -0.15) is 9.40 Å². The fraction of sp³-hybridized carbons (Fsp3) is 0.429. The van der Waals surface area contributed by atoms with Crippen molar-refractivity contribution in [3.63, 3.8) is 0 Å². The lowest BCUT2D eigenvalue weighted by Gasteiger charge is -2.15. The molecule has 2 aromatic heterocycles. The minimum Gasteiger partial charge on any atom is -0.321 e. The Labute approximate surface area is 180 Å². The third-order valence-electron chi connectivity index (χ3n) is 5.18. The van der Waals surface area contributed by atoms with E-state index in [0.717, 1.165) is 35.3 Å². The lowest BCUT2D eigenvalue weighted by Crippen LogP contribution is -2.27. The highest BCUT2D eigenvalue weighted by Crippen LogP contribution is 2.30. The molecule has 0 aliphatic carbocycles. The van der Waals surface area contributed by atoms with E-state index in [9.17, 15) is 13.2 Å². The fourth-order valence-corrected chi connectivity index (χ4v) is 6.26. The summed E-state index contributed by atoms with van der Waals surface area (Å²) in [7, 11) is -3.45. The Bertz CT molecular complexity index is 1170. The van der Waals surface area contributed by atoms with Crippen molar-refractivity contribution in [1.82, 2.24) is 14.1 Å². The van der Waals surface area contributed by atoms with Crippen LogP contribution in [0.1, 0.15) is 42.1 Å². The molecular weight excluding hydrogens is 420 g/mol. The van der Waals surface area contributed by atoms with Gasteiger partial charge in [-0.15, -0.1) is 11.3 Å². The zero-order valence-electron chi connectivity index (χ0n) is 17.4. The number of benzene rings is 1. The van der Waals surface area contributed by atoms with Crippen LogP contribution in [-0.2, 0) is 16.6 Å². The van der Waals surface area contributed by atoms with Crippen molar-refractivity contribution in [2.45, 2.75) is 45.1 Å². The smallest absolute Gasteiger partial charge is 0.265 e. The number of amides is 1. The maximum absolute atomic E-state index is 12.8. The second-order valence-electron chi connectivity index (χ2n) is 8.08. The van der Waals surface area contributed by atoms with Crippen LogP contribution in [0.3, 0.4) is 0 Å². The van der Waals surface area contributed by atoms with Crippen LogP contribution < -0.4 is 5.32 Å². The van der Waals surface area contributed by atoms with Crippen LogP contribution in [-0.4, -0.2) is 41.5 Å². The lowest BCUT2D eigenvalue weighted by molar-refractivity contribution is 0.103. The van der Waals surface area contributed by atoms with E-state index in [0.29, 0.717) is 29.6 Å². The van der Waals surface area contributed by atoms with E-state index in [2.05, 4.69) is 24.3 Å². The normalized spacial score (nSPS) is 15.3. The Hall–Kier alpha value is -2.23. The van der Waals surface area contributed by atoms with Crippen molar-refractivity contribution in [3.05, 3.63) is 40.9 Å². The fourth-order valence-electron chi connectivity index (χ4n) is 3.67. The Morgan fingerprint density at radius 1 is 1.20 bits per heavy atom. The first-order valence-corrected chi connectivity index (χ1v) is 12.4. The minimum absolute atomic E-state index is 0.207. The number of fused-ring (bicyclic) bond motifs is 1. The molecule has 0 spiro atoms. The predicted octanol–water partition coefficient (Wildman–Crippen LogP) is 4.10. The highest BCUT2D eigenvalue weighted by Gasteiger charge is 2.27. The van der Waals surface area contributed by atoms with Crippen LogP contribution >= 0.6 is 11.3 Å². The molecule has 1 saturated heterocycles. The average molecular weight is 447 g/mol. The standard InChI is InChI=1S/C21H26N4O3S2/c1-14(2)13-25-21-18(15(3)23-25)12-19(29-21)20(26)22-16-6-8-17(9-7-16)30(27,28)24-10-4-5-11-24/h6-9,12,14H,4-5,10-11,13H2,1-3H3,(H,22,26). The van der Waals surface area contributed by atoms with Gasteiger partial charge in [-0.3, -0.25) is 9.48 Å². The SMILES string of the molecule is Cc1nn(CC(C)C)c2sc(C(=O)Nc3ccc(S(=O)(=O)N4CCCC4)cc3)cc12. The average Bonchev–Trinajstić information content (AvgIpc) is 3.42. The second-order valence-corrected chi connectivity index (χ2v) is 11.0. The number of anilines is 1. The summed E-state index contributed by atoms with van der Waals surface area (Å²) in [6, 6.07) is 8.26. The molecule has 1 aliphatic rings. The molecule has 3 heterocycles. The van der Waals surface area contributed by atoms with Crippen LogP contribution in [0, 0.1) is 12.8 Å². The van der Waals surface area contributed by atoms with Crippen molar-refractivity contribution in [3.8, 4) is 0 Å². The van der Waals surface area contributed by atoms with Gasteiger partial charge in [0, 0.05) is 30.7 Å². The van der Waals surface area contributed by atoms with Crippen molar-refractivity contribution < 1.29 is 13.2 Å². The van der Waals surface area contributed by atoms with Gasteiger partial charge in [0.25, 0.3) is 5.91 Å². The number of carbonyl (C=O) groups is 1. The molecule has 0 saturated carbocycles. The molecule has 3 aromatic rings. The molecule has 0 unspecified atom stereocenters. The Morgan fingerprint density at radius 3 is 2.50 bits per heavy atom. The first-order valence-electron chi connectivity index (χ1n) is 10.1. The number of carbonyl (C=O) groups excluding carboxylic acids is 1. The van der Waals surface area contributed by atoms with Crippen molar-refractivity contribution in [2.75, 3.05) is 18.4 Å². The Morgan fingerprint density at radius 2 is 1.87 bits per heavy atom. The number of aromatic nitrogens is 2. The first-order chi connectivity index (χ1) is 14.3. The van der Waals surface area contributed by atoms with Crippen LogP contribution in [0.25, 0.3) is 10.2 Å². The molecule has 0 radical (unpaired) electrons. The highest BCUT2D eigenvalue weighted by atomic mass is 32.2. The Kier molecular flexibility index (Phi) is 5.69. The molecule has 1 amide bonds. The number of hydrogen-bond acceptors (Lipinski definition) is 5. The molecule has 1 N–H and O–H groups in total. The predicted molar refractivity (Wildman–Crippen MR) is 120 cm³/mol. The zero-order chi connectivity index (χ0) is 21.5. The molecule has 30 heavy (non-hydrogen) atoms. The summed E-state index contributed by atoms with van der Waals surface area (Å²) in [5, 5.41) is 8.44. The van der Waals surface area contributed by atoms with Gasteiger partial charge in [-0.05, 0) is 56.0 Å². The van der Waals surface area contributed by atoms with Crippen LogP contribution in [0.5, 0.6) is 0 Å². The molecule has 1 aromatic carbocycles. The van der Waals surface area contributed by atoms with Crippen LogP contribution in [0.2, 0.25) is 0 Å². The second kappa shape index (κ2) is 8.13. The number of rotatable bonds is 6. The van der Waals surface area contributed by atoms with Crippen LogP contribution in [0.4, 0.5) is 5.69 Å². The van der Waals surface area contributed by atoms with Gasteiger partial charge in [0.2, 0.25) is 10.0 Å². The van der Waals surface area contributed by atoms with Gasteiger partial charge in [-0.25, -0.2) is 8.42 Å². The first kappa shape index (κ1) is 21.0. The Balaban J connectivity index is 1.51. The number of thiophene rings is 1. The molecule has 1 aliphatic heterocycles. The monoisotopic (exact) mass is 446 g/mol. The quantitative estimate of drug-likeness (QED) is 0.618. The number of sulfonamides is 1. The summed E-state index contributed by atoms with van der Waals surface area (Å²) >= 11 is 1.42. The third-order valence-corrected chi connectivity index (χ3v) is 8.24. The van der Waals surface area contributed by atoms with Crippen molar-refractivity contribution in [1.29, 1.82) is 0 Å². The van der Waals surface area contributed by atoms with Crippen LogP contribution in [0.15, 0.2) is 35.2 Å². The number of hydrogen-bond donors (Lipinski definition) is 1. The third kappa shape index (κ3) is 4.01. The highest BCUT2D eigenvalue weighted by molar-refractivity contribution is 7.89. The summed E-state index contributed by atoms with van der Waals surface area (Å²) in [6.45, 7) is 8.17. The molecule has 4 rings (SSSR count). The molecule has 7 nitrogen and oxygen atoms in total. The van der Waals surface area contributed by atoms with Gasteiger partial charge in [0.1, 0.15) is 4.83 Å². The largest absolute Gasteiger partial charge is 0.321 e. The lowest BCUT2D eigenvalue weighted by atomic mass is 10.2. The molecule has 160 valence electrons. The molecule has 1 fully saturated rings. The summed E-state index contributed by atoms with van der Waals surface area (Å²) in [4.78, 5) is 14.6. The van der Waals surface area contributed by atoms with E-state index in [1.165, 1.54) is 15.6 Å². The number of nitrogens with zero attached hydrogens (tertiary/aromatic N) is 3. The maximum Gasteiger partial charge on any atom is 0.265 e. The van der Waals surface area contributed by atoms with E-state index in [-0.39, 0.29) is 10.8 Å². The molecular formula is C21H26N4O3S2. The van der Waals surface area contributed by atoms with Crippen molar-refractivity contribution >= 4 is 43.2 Å². The van der Waals surface area contributed by atoms with Gasteiger partial charge in [0.15, 0.2) is 0 Å². The van der Waals surface area contributed by atoms with E-state index < -0.39 is 10.0 Å². The number of nitrogens with one attached hydrogen (secondary N) is 1. The maximum atomic E-state index is 12.8. The topological polar surface area (TPSA) is 84.3 Å². The van der Waals surface area contributed by atoms with Gasteiger partial charge >= 0.3 is 0 Å². The minimum atomic E-state index is -3.45. The van der Waals surface area contributed by atoms with Gasteiger partial charge < -0.3 is 5.32 Å². The summed E-state index contributed by atoms with van der Waals surface area (Å²) in [6.07, 6.45) is 1.80. The summed E-state index contributed by atoms with van der Waals surface area (Å²) in [5.41, 5.74) is 1.48. The van der Waals surface area contributed by atoms with Crippen molar-refractivity contribution in [2.24, 2.45) is 5.92 Å². The number of aryl methyl sites for hydroxylation is 1. The summed E-state index contributed by atoms with van der Waals surface area (Å²) < 4.78 is 28.7. The zero-order valence-corrected chi connectivity index (χ0v) is 19.0. The van der Waals surface area contributed by atoms with E-state index in [1.807, 2.05) is 17.7 Å². The van der Waals surface area contributed by atoms with E-state index >= 15 is 0 Å².